The minimum Gasteiger partial charge on any atom is -0.0996 e. The van der Waals surface area contributed by atoms with Gasteiger partial charge in [0.15, 0.2) is 0 Å². The molecule has 0 amide bonds. The predicted molar refractivity (Wildman–Crippen MR) is 57.4 cm³/mol. The quantitative estimate of drug-likeness (QED) is 0.489. The third-order valence-corrected chi connectivity index (χ3v) is 2.57. The Kier molecular flexibility index (Phi) is 7.23. The molecule has 1 unspecified atom stereocenters. The summed E-state index contributed by atoms with van der Waals surface area (Å²) in [5.74, 6) is 0.806. The highest BCUT2D eigenvalue weighted by Gasteiger charge is 2.08. The average molecular weight is 168 g/mol. The molecule has 0 heteroatoms. The summed E-state index contributed by atoms with van der Waals surface area (Å²) in [6, 6.07) is 0. The van der Waals surface area contributed by atoms with Crippen molar-refractivity contribution in [2.24, 2.45) is 5.92 Å². The van der Waals surface area contributed by atoms with Gasteiger partial charge in [-0.2, -0.15) is 0 Å². The van der Waals surface area contributed by atoms with Crippen LogP contribution in [0.3, 0.4) is 0 Å². The Morgan fingerprint density at radius 2 is 1.75 bits per heavy atom. The van der Waals surface area contributed by atoms with Gasteiger partial charge in [-0.3, -0.25) is 0 Å². The van der Waals surface area contributed by atoms with Crippen molar-refractivity contribution in [1.29, 1.82) is 0 Å². The van der Waals surface area contributed by atoms with Gasteiger partial charge in [-0.05, 0) is 25.2 Å². The van der Waals surface area contributed by atoms with Gasteiger partial charge in [0, 0.05) is 0 Å². The van der Waals surface area contributed by atoms with Gasteiger partial charge in [-0.1, -0.05) is 52.2 Å². The molecule has 12 heavy (non-hydrogen) atoms. The van der Waals surface area contributed by atoms with Crippen LogP contribution in [0.25, 0.3) is 0 Å². The maximum Gasteiger partial charge on any atom is -0.0206 e. The summed E-state index contributed by atoms with van der Waals surface area (Å²) in [7, 11) is 0. The number of allylic oxidation sites excluding steroid dienone is 1. The first-order chi connectivity index (χ1) is 5.76. The van der Waals surface area contributed by atoms with Gasteiger partial charge in [0.05, 0.1) is 0 Å². The summed E-state index contributed by atoms with van der Waals surface area (Å²) in [5, 5.41) is 0. The largest absolute Gasteiger partial charge is 0.0996 e. The molecule has 0 bridgehead atoms. The molecule has 0 radical (unpaired) electrons. The zero-order valence-corrected chi connectivity index (χ0v) is 9.03. The first kappa shape index (κ1) is 11.7. The molecule has 0 nitrogen and oxygen atoms in total. The fraction of sp³-hybridized carbons (Fsp3) is 0.833. The number of unbranched alkanes of at least 4 members (excludes halogenated alkanes) is 1. The van der Waals surface area contributed by atoms with Gasteiger partial charge in [-0.25, -0.2) is 0 Å². The van der Waals surface area contributed by atoms with Crippen LogP contribution in [0.15, 0.2) is 12.2 Å². The number of rotatable bonds is 7. The van der Waals surface area contributed by atoms with Gasteiger partial charge in [-0.15, -0.1) is 0 Å². The van der Waals surface area contributed by atoms with E-state index in [9.17, 15) is 0 Å². The summed E-state index contributed by atoms with van der Waals surface area (Å²) >= 11 is 0. The molecule has 0 fully saturated rings. The van der Waals surface area contributed by atoms with Crippen LogP contribution >= 0.6 is 0 Å². The molecule has 0 aliphatic rings. The van der Waals surface area contributed by atoms with E-state index in [-0.39, 0.29) is 0 Å². The van der Waals surface area contributed by atoms with Crippen molar-refractivity contribution >= 4 is 0 Å². The highest BCUT2D eigenvalue weighted by molar-refractivity contribution is 4.99. The van der Waals surface area contributed by atoms with Gasteiger partial charge < -0.3 is 0 Å². The lowest BCUT2D eigenvalue weighted by molar-refractivity contribution is 0.480. The zero-order chi connectivity index (χ0) is 9.40. The molecule has 0 N–H and O–H groups in total. The van der Waals surface area contributed by atoms with Crippen LogP contribution in [0, 0.1) is 5.92 Å². The molecule has 0 saturated heterocycles. The lowest BCUT2D eigenvalue weighted by Crippen LogP contribution is -2.02. The molecule has 0 aliphatic carbocycles. The van der Waals surface area contributed by atoms with E-state index in [1.54, 1.807) is 0 Å². The third-order valence-electron chi connectivity index (χ3n) is 2.57. The fourth-order valence-electron chi connectivity index (χ4n) is 1.64. The van der Waals surface area contributed by atoms with Crippen LogP contribution in [-0.4, -0.2) is 0 Å². The Balaban J connectivity index is 3.76. The maximum atomic E-state index is 4.15. The van der Waals surface area contributed by atoms with Crippen molar-refractivity contribution in [2.75, 3.05) is 0 Å². The van der Waals surface area contributed by atoms with Crippen molar-refractivity contribution < 1.29 is 0 Å². The van der Waals surface area contributed by atoms with E-state index in [1.807, 2.05) is 0 Å². The number of hydrogen-bond acceptors (Lipinski definition) is 0. The van der Waals surface area contributed by atoms with Gasteiger partial charge >= 0.3 is 0 Å². The highest BCUT2D eigenvalue weighted by Crippen LogP contribution is 2.23. The second kappa shape index (κ2) is 7.39. The lowest BCUT2D eigenvalue weighted by atomic mass is 9.89. The Hall–Kier alpha value is -0.260. The van der Waals surface area contributed by atoms with E-state index in [1.165, 1.54) is 37.7 Å². The van der Waals surface area contributed by atoms with Crippen LogP contribution in [0.5, 0.6) is 0 Å². The highest BCUT2D eigenvalue weighted by atomic mass is 14.1. The SMILES string of the molecule is C=C(CC)C(CCC)CCCC. The van der Waals surface area contributed by atoms with E-state index in [0.717, 1.165) is 12.3 Å². The molecule has 1 atom stereocenters. The Labute approximate surface area is 78.1 Å². The normalized spacial score (nSPS) is 12.9. The zero-order valence-electron chi connectivity index (χ0n) is 9.03. The second-order valence-corrected chi connectivity index (χ2v) is 3.64. The van der Waals surface area contributed by atoms with Crippen molar-refractivity contribution in [3.63, 3.8) is 0 Å². The summed E-state index contributed by atoms with van der Waals surface area (Å²) < 4.78 is 0. The predicted octanol–water partition coefficient (Wildman–Crippen LogP) is 4.56. The molecule has 72 valence electrons. The van der Waals surface area contributed by atoms with Crippen molar-refractivity contribution in [2.45, 2.75) is 59.3 Å². The van der Waals surface area contributed by atoms with Gasteiger partial charge in [0.25, 0.3) is 0 Å². The first-order valence-corrected chi connectivity index (χ1v) is 5.43. The van der Waals surface area contributed by atoms with Crippen LogP contribution in [0.4, 0.5) is 0 Å². The molecule has 0 aromatic heterocycles. The molecule has 0 aromatic carbocycles. The standard InChI is InChI=1S/C12H24/c1-5-8-10-12(9-6-2)11(4)7-3/h12H,4-10H2,1-3H3. The van der Waals surface area contributed by atoms with Crippen molar-refractivity contribution in [3.05, 3.63) is 12.2 Å². The monoisotopic (exact) mass is 168 g/mol. The van der Waals surface area contributed by atoms with Crippen molar-refractivity contribution in [3.8, 4) is 0 Å². The first-order valence-electron chi connectivity index (χ1n) is 5.43. The third kappa shape index (κ3) is 4.58. The lowest BCUT2D eigenvalue weighted by Gasteiger charge is -2.17. The van der Waals surface area contributed by atoms with E-state index in [0.29, 0.717) is 0 Å². The summed E-state index contributed by atoms with van der Waals surface area (Å²) in [5.41, 5.74) is 1.46. The van der Waals surface area contributed by atoms with Crippen molar-refractivity contribution in [1.82, 2.24) is 0 Å². The topological polar surface area (TPSA) is 0 Å². The molecule has 0 heterocycles. The Bertz CT molecular complexity index is 113. The van der Waals surface area contributed by atoms with Gasteiger partial charge in [0.2, 0.25) is 0 Å². The summed E-state index contributed by atoms with van der Waals surface area (Å²) in [4.78, 5) is 0. The summed E-state index contributed by atoms with van der Waals surface area (Å²) in [6.45, 7) is 10.9. The maximum absolute atomic E-state index is 4.15. The fourth-order valence-corrected chi connectivity index (χ4v) is 1.64. The van der Waals surface area contributed by atoms with Gasteiger partial charge in [0.1, 0.15) is 0 Å². The van der Waals surface area contributed by atoms with Crippen LogP contribution in [-0.2, 0) is 0 Å². The second-order valence-electron chi connectivity index (χ2n) is 3.64. The average Bonchev–Trinajstić information content (AvgIpc) is 2.11. The molecule has 0 spiro atoms. The Morgan fingerprint density at radius 3 is 2.17 bits per heavy atom. The van der Waals surface area contributed by atoms with E-state index in [2.05, 4.69) is 27.4 Å². The van der Waals surface area contributed by atoms with Crippen LogP contribution < -0.4 is 0 Å². The van der Waals surface area contributed by atoms with Crippen LogP contribution in [0.2, 0.25) is 0 Å². The minimum absolute atomic E-state index is 0.806. The Morgan fingerprint density at radius 1 is 1.08 bits per heavy atom. The minimum atomic E-state index is 0.806. The van der Waals surface area contributed by atoms with E-state index >= 15 is 0 Å². The summed E-state index contributed by atoms with van der Waals surface area (Å²) in [6.07, 6.45) is 7.84. The molecular formula is C12H24. The smallest absolute Gasteiger partial charge is 0.0206 e. The van der Waals surface area contributed by atoms with E-state index in [4.69, 9.17) is 0 Å². The molecule has 0 saturated carbocycles. The number of hydrogen-bond donors (Lipinski definition) is 0. The molecule has 0 rings (SSSR count). The molecule has 0 aliphatic heterocycles. The van der Waals surface area contributed by atoms with Crippen LogP contribution in [0.1, 0.15) is 59.3 Å². The molecular weight excluding hydrogens is 144 g/mol. The van der Waals surface area contributed by atoms with E-state index < -0.39 is 0 Å². The molecule has 0 aromatic rings.